The molecule has 108 valence electrons. The first-order chi connectivity index (χ1) is 9.33. The molecule has 2 aromatic rings. The molecule has 0 bridgehead atoms. The van der Waals surface area contributed by atoms with Crippen LogP contribution in [0.5, 0.6) is 0 Å². The predicted molar refractivity (Wildman–Crippen MR) is 85.2 cm³/mol. The van der Waals surface area contributed by atoms with Crippen LogP contribution in [0.25, 0.3) is 0 Å². The first-order valence-corrected chi connectivity index (χ1v) is 9.10. The Balaban J connectivity index is 2.38. The third kappa shape index (κ3) is 3.47. The fraction of sp³-hybridized carbons (Fsp3) is 0.0909. The van der Waals surface area contributed by atoms with Gasteiger partial charge in [-0.05, 0) is 18.2 Å². The van der Waals surface area contributed by atoms with Crippen LogP contribution in [-0.2, 0) is 16.6 Å². The zero-order valence-electron chi connectivity index (χ0n) is 9.73. The number of hydrogen-bond donors (Lipinski definition) is 2. The Morgan fingerprint density at radius 1 is 1.25 bits per heavy atom. The van der Waals surface area contributed by atoms with E-state index in [9.17, 15) is 8.42 Å². The van der Waals surface area contributed by atoms with Gasteiger partial charge in [-0.3, -0.25) is 4.72 Å². The van der Waals surface area contributed by atoms with E-state index in [4.69, 9.17) is 28.3 Å². The van der Waals surface area contributed by atoms with E-state index in [0.717, 1.165) is 11.3 Å². The predicted octanol–water partition coefficient (Wildman–Crippen LogP) is 4.11. The molecule has 0 amide bonds. The summed E-state index contributed by atoms with van der Waals surface area (Å²) < 4.78 is 27.4. The average Bonchev–Trinajstić information content (AvgIpc) is 2.83. The summed E-state index contributed by atoms with van der Waals surface area (Å²) in [5.41, 5.74) is 0.119. The number of nitrogens with one attached hydrogen (secondary N) is 1. The molecule has 9 heteroatoms. The summed E-state index contributed by atoms with van der Waals surface area (Å²) in [5, 5.41) is 10.8. The highest BCUT2D eigenvalue weighted by molar-refractivity contribution is 9.10. The third-order valence-electron chi connectivity index (χ3n) is 2.34. The molecule has 1 aromatic heterocycles. The van der Waals surface area contributed by atoms with Gasteiger partial charge in [0.2, 0.25) is 0 Å². The molecule has 0 unspecified atom stereocenters. The van der Waals surface area contributed by atoms with E-state index < -0.39 is 10.0 Å². The molecule has 0 fully saturated rings. The quantitative estimate of drug-likeness (QED) is 0.787. The van der Waals surface area contributed by atoms with Gasteiger partial charge >= 0.3 is 0 Å². The first-order valence-electron chi connectivity index (χ1n) is 5.19. The van der Waals surface area contributed by atoms with E-state index in [-0.39, 0.29) is 27.2 Å². The van der Waals surface area contributed by atoms with Crippen molar-refractivity contribution >= 4 is 66.2 Å². The second-order valence-corrected chi connectivity index (χ2v) is 8.17. The minimum Gasteiger partial charge on any atom is -0.391 e. The highest BCUT2D eigenvalue weighted by Crippen LogP contribution is 2.35. The molecular weight excluding hydrogens is 409 g/mol. The van der Waals surface area contributed by atoms with E-state index in [0.29, 0.717) is 9.35 Å². The number of thiophene rings is 1. The summed E-state index contributed by atoms with van der Waals surface area (Å²) in [6, 6.07) is 4.48. The van der Waals surface area contributed by atoms with Crippen molar-refractivity contribution in [2.24, 2.45) is 0 Å². The molecular formula is C11H8BrCl2NO3S2. The molecule has 0 atom stereocenters. The lowest BCUT2D eigenvalue weighted by Gasteiger charge is -2.10. The van der Waals surface area contributed by atoms with Gasteiger partial charge in [0.1, 0.15) is 0 Å². The number of anilines is 1. The normalized spacial score (nSPS) is 11.6. The second-order valence-electron chi connectivity index (χ2n) is 3.76. The Labute approximate surface area is 138 Å². The maximum atomic E-state index is 12.2. The molecule has 0 aliphatic heterocycles. The number of benzene rings is 1. The first kappa shape index (κ1) is 16.1. The molecule has 2 rings (SSSR count). The lowest BCUT2D eigenvalue weighted by molar-refractivity contribution is 0.285. The molecule has 0 saturated carbocycles. The van der Waals surface area contributed by atoms with Crippen LogP contribution in [0.2, 0.25) is 10.0 Å². The minimum atomic E-state index is -3.80. The Bertz CT molecular complexity index is 723. The van der Waals surface area contributed by atoms with Gasteiger partial charge in [-0.1, -0.05) is 39.1 Å². The number of aliphatic hydroxyl groups is 1. The number of halogens is 3. The molecule has 4 nitrogen and oxygen atoms in total. The Hall–Kier alpha value is -0.310. The fourth-order valence-corrected chi connectivity index (χ4v) is 5.07. The molecule has 0 aliphatic rings. The molecule has 1 heterocycles. The lowest BCUT2D eigenvalue weighted by Crippen LogP contribution is -2.12. The van der Waals surface area contributed by atoms with E-state index in [1.165, 1.54) is 23.6 Å². The van der Waals surface area contributed by atoms with Crippen LogP contribution in [0.3, 0.4) is 0 Å². The zero-order chi connectivity index (χ0) is 14.9. The summed E-state index contributed by atoms with van der Waals surface area (Å²) in [4.78, 5) is 0.611. The van der Waals surface area contributed by atoms with Crippen LogP contribution in [0.1, 0.15) is 4.88 Å². The Kier molecular flexibility index (Phi) is 4.99. The van der Waals surface area contributed by atoms with Crippen molar-refractivity contribution in [1.82, 2.24) is 0 Å². The fourth-order valence-electron chi connectivity index (χ4n) is 1.42. The molecule has 0 aliphatic carbocycles. The van der Waals surface area contributed by atoms with E-state index in [2.05, 4.69) is 20.7 Å². The number of hydrogen-bond acceptors (Lipinski definition) is 4. The van der Waals surface area contributed by atoms with Crippen LogP contribution in [-0.4, -0.2) is 13.5 Å². The van der Waals surface area contributed by atoms with Crippen LogP contribution < -0.4 is 4.72 Å². The highest BCUT2D eigenvalue weighted by atomic mass is 79.9. The van der Waals surface area contributed by atoms with Crippen molar-refractivity contribution in [3.8, 4) is 0 Å². The Morgan fingerprint density at radius 2 is 1.85 bits per heavy atom. The van der Waals surface area contributed by atoms with Crippen molar-refractivity contribution in [3.05, 3.63) is 43.0 Å². The SMILES string of the molecule is O=S(=O)(Nc1c(Cl)cc(Br)cc1Cl)c1csc(CO)c1. The number of aliphatic hydroxyl groups excluding tert-OH is 1. The van der Waals surface area contributed by atoms with E-state index in [1.54, 1.807) is 0 Å². The van der Waals surface area contributed by atoms with Crippen LogP contribution >= 0.6 is 50.5 Å². The topological polar surface area (TPSA) is 66.4 Å². The smallest absolute Gasteiger partial charge is 0.262 e. The summed E-state index contributed by atoms with van der Waals surface area (Å²) in [5.74, 6) is 0. The van der Waals surface area contributed by atoms with Crippen LogP contribution in [0, 0.1) is 0 Å². The van der Waals surface area contributed by atoms with E-state index >= 15 is 0 Å². The van der Waals surface area contributed by atoms with Gasteiger partial charge in [0.05, 0.1) is 27.2 Å². The third-order valence-corrected chi connectivity index (χ3v) is 5.79. The van der Waals surface area contributed by atoms with Crippen molar-refractivity contribution in [2.75, 3.05) is 4.72 Å². The van der Waals surface area contributed by atoms with Crippen molar-refractivity contribution in [2.45, 2.75) is 11.5 Å². The number of rotatable bonds is 4. The summed E-state index contributed by atoms with van der Waals surface area (Å²) in [7, 11) is -3.80. The van der Waals surface area contributed by atoms with Gasteiger partial charge in [-0.25, -0.2) is 8.42 Å². The maximum absolute atomic E-state index is 12.2. The second kappa shape index (κ2) is 6.21. The summed E-state index contributed by atoms with van der Waals surface area (Å²) >= 11 is 16.3. The Morgan fingerprint density at radius 3 is 2.35 bits per heavy atom. The molecule has 0 radical (unpaired) electrons. The average molecular weight is 417 g/mol. The highest BCUT2D eigenvalue weighted by Gasteiger charge is 2.19. The largest absolute Gasteiger partial charge is 0.391 e. The van der Waals surface area contributed by atoms with Gasteiger partial charge in [0.25, 0.3) is 10.0 Å². The molecule has 2 N–H and O–H groups in total. The molecule has 20 heavy (non-hydrogen) atoms. The minimum absolute atomic E-state index is 0.0570. The molecule has 0 saturated heterocycles. The standard InChI is InChI=1S/C11H8BrCl2NO3S2/c12-6-1-9(13)11(10(14)2-6)15-20(17,18)8-3-7(4-16)19-5-8/h1-3,5,15-16H,4H2. The lowest BCUT2D eigenvalue weighted by atomic mass is 10.3. The van der Waals surface area contributed by atoms with Gasteiger partial charge in [0.15, 0.2) is 0 Å². The summed E-state index contributed by atoms with van der Waals surface area (Å²) in [6.07, 6.45) is 0. The van der Waals surface area contributed by atoms with Crippen LogP contribution in [0.4, 0.5) is 5.69 Å². The van der Waals surface area contributed by atoms with Crippen molar-refractivity contribution < 1.29 is 13.5 Å². The van der Waals surface area contributed by atoms with Crippen molar-refractivity contribution in [3.63, 3.8) is 0 Å². The maximum Gasteiger partial charge on any atom is 0.262 e. The van der Waals surface area contributed by atoms with Gasteiger partial charge < -0.3 is 5.11 Å². The summed E-state index contributed by atoms with van der Waals surface area (Å²) in [6.45, 7) is -0.208. The number of sulfonamides is 1. The monoisotopic (exact) mass is 415 g/mol. The van der Waals surface area contributed by atoms with Crippen molar-refractivity contribution in [1.29, 1.82) is 0 Å². The van der Waals surface area contributed by atoms with Crippen LogP contribution in [0.15, 0.2) is 32.9 Å². The van der Waals surface area contributed by atoms with Gasteiger partial charge in [0, 0.05) is 14.7 Å². The van der Waals surface area contributed by atoms with Gasteiger partial charge in [-0.15, -0.1) is 11.3 Å². The van der Waals surface area contributed by atoms with E-state index in [1.807, 2.05) is 0 Å². The molecule has 1 aromatic carbocycles. The molecule has 0 spiro atoms. The zero-order valence-corrected chi connectivity index (χ0v) is 14.5. The van der Waals surface area contributed by atoms with Gasteiger partial charge in [-0.2, -0.15) is 0 Å².